The van der Waals surface area contributed by atoms with Gasteiger partial charge in [-0.15, -0.1) is 11.6 Å². The van der Waals surface area contributed by atoms with Gasteiger partial charge >= 0.3 is 5.97 Å². The first-order valence-corrected chi connectivity index (χ1v) is 6.16. The number of aromatic carboxylic acids is 1. The molecule has 1 aromatic carbocycles. The van der Waals surface area contributed by atoms with Crippen molar-refractivity contribution in [3.63, 3.8) is 0 Å². The summed E-state index contributed by atoms with van der Waals surface area (Å²) < 4.78 is 0. The van der Waals surface area contributed by atoms with Crippen LogP contribution in [0.15, 0.2) is 36.0 Å². The van der Waals surface area contributed by atoms with Gasteiger partial charge in [-0.2, -0.15) is 5.26 Å². The molecular weight excluding hydrogens is 282 g/mol. The molecule has 20 heavy (non-hydrogen) atoms. The predicted molar refractivity (Wildman–Crippen MR) is 74.4 cm³/mol. The molecular formula is C13H12ClN3O3. The topological polar surface area (TPSA) is 102 Å². The van der Waals surface area contributed by atoms with Crippen LogP contribution in [0.1, 0.15) is 10.4 Å². The van der Waals surface area contributed by atoms with Crippen molar-refractivity contribution in [3.05, 3.63) is 41.6 Å². The predicted octanol–water partition coefficient (Wildman–Crippen LogP) is 1.56. The number of carbonyl (C=O) groups is 2. The lowest BCUT2D eigenvalue weighted by molar-refractivity contribution is -0.117. The minimum atomic E-state index is -1.06. The maximum absolute atomic E-state index is 11.5. The van der Waals surface area contributed by atoms with Crippen molar-refractivity contribution in [3.8, 4) is 6.07 Å². The maximum Gasteiger partial charge on any atom is 0.335 e. The van der Waals surface area contributed by atoms with E-state index in [1.807, 2.05) is 0 Å². The van der Waals surface area contributed by atoms with E-state index in [9.17, 15) is 9.59 Å². The molecule has 0 aliphatic carbocycles. The molecule has 0 spiro atoms. The number of hydrogen-bond acceptors (Lipinski definition) is 4. The molecule has 6 nitrogen and oxygen atoms in total. The van der Waals surface area contributed by atoms with Crippen LogP contribution < -0.4 is 10.6 Å². The minimum absolute atomic E-state index is 0.105. The molecule has 7 heteroatoms. The number of nitriles is 1. The van der Waals surface area contributed by atoms with Crippen molar-refractivity contribution in [2.45, 2.75) is 0 Å². The first-order chi connectivity index (χ1) is 9.58. The van der Waals surface area contributed by atoms with Crippen LogP contribution in [-0.2, 0) is 4.79 Å². The van der Waals surface area contributed by atoms with Gasteiger partial charge in [0.15, 0.2) is 0 Å². The van der Waals surface area contributed by atoms with E-state index in [0.717, 1.165) is 0 Å². The van der Waals surface area contributed by atoms with Crippen LogP contribution in [0.4, 0.5) is 5.69 Å². The molecule has 0 aliphatic heterocycles. The number of carboxylic acid groups (broad SMARTS) is 1. The normalized spacial score (nSPS) is 10.5. The lowest BCUT2D eigenvalue weighted by atomic mass is 10.2. The Labute approximate surface area is 120 Å². The van der Waals surface area contributed by atoms with E-state index in [1.54, 1.807) is 18.2 Å². The van der Waals surface area contributed by atoms with Crippen molar-refractivity contribution >= 4 is 29.2 Å². The molecule has 0 atom stereocenters. The molecule has 104 valence electrons. The van der Waals surface area contributed by atoms with Gasteiger partial charge in [-0.1, -0.05) is 6.07 Å². The molecule has 0 radical (unpaired) electrons. The first kappa shape index (κ1) is 15.5. The summed E-state index contributed by atoms with van der Waals surface area (Å²) in [5.74, 6) is -1.36. The van der Waals surface area contributed by atoms with Gasteiger partial charge in [0.05, 0.1) is 5.56 Å². The van der Waals surface area contributed by atoms with Crippen LogP contribution >= 0.6 is 11.6 Å². The number of nitrogens with zero attached hydrogens (tertiary/aromatic N) is 1. The summed E-state index contributed by atoms with van der Waals surface area (Å²) in [6, 6.07) is 7.75. The molecule has 0 saturated carbocycles. The molecule has 0 heterocycles. The highest BCUT2D eigenvalue weighted by molar-refractivity contribution is 6.18. The number of rotatable bonds is 6. The lowest BCUT2D eigenvalue weighted by Gasteiger charge is -2.04. The number of benzene rings is 1. The Morgan fingerprint density at radius 3 is 2.80 bits per heavy atom. The van der Waals surface area contributed by atoms with Crippen LogP contribution in [-0.4, -0.2) is 29.4 Å². The number of alkyl halides is 1. The van der Waals surface area contributed by atoms with Crippen molar-refractivity contribution < 1.29 is 14.7 Å². The second-order valence-corrected chi connectivity index (χ2v) is 4.02. The zero-order valence-corrected chi connectivity index (χ0v) is 11.1. The smallest absolute Gasteiger partial charge is 0.335 e. The average Bonchev–Trinajstić information content (AvgIpc) is 2.46. The number of anilines is 1. The van der Waals surface area contributed by atoms with E-state index in [2.05, 4.69) is 10.6 Å². The molecule has 3 N–H and O–H groups in total. The second kappa shape index (κ2) is 7.81. The summed E-state index contributed by atoms with van der Waals surface area (Å²) in [6.45, 7) is 0.258. The number of nitrogens with one attached hydrogen (secondary N) is 2. The standard InChI is InChI=1S/C13H12ClN3O3/c14-4-5-16-12(18)10(7-15)8-17-11-3-1-2-9(6-11)13(19)20/h1-3,6,8,17H,4-5H2,(H,16,18)(H,19,20)/b10-8-. The van der Waals surface area contributed by atoms with Crippen LogP contribution in [0, 0.1) is 11.3 Å². The maximum atomic E-state index is 11.5. The largest absolute Gasteiger partial charge is 0.478 e. The Bertz CT molecular complexity index is 578. The second-order valence-electron chi connectivity index (χ2n) is 3.64. The minimum Gasteiger partial charge on any atom is -0.478 e. The van der Waals surface area contributed by atoms with Gasteiger partial charge in [0, 0.05) is 24.3 Å². The summed E-state index contributed by atoms with van der Waals surface area (Å²) in [7, 11) is 0. The number of halogens is 1. The Morgan fingerprint density at radius 2 is 2.20 bits per heavy atom. The van der Waals surface area contributed by atoms with E-state index in [-0.39, 0.29) is 23.6 Å². The number of hydrogen-bond donors (Lipinski definition) is 3. The van der Waals surface area contributed by atoms with Gasteiger partial charge in [-0.05, 0) is 18.2 Å². The van der Waals surface area contributed by atoms with E-state index in [1.165, 1.54) is 18.3 Å². The highest BCUT2D eigenvalue weighted by Crippen LogP contribution is 2.11. The van der Waals surface area contributed by atoms with Crippen molar-refractivity contribution in [1.29, 1.82) is 5.26 Å². The van der Waals surface area contributed by atoms with E-state index >= 15 is 0 Å². The summed E-state index contributed by atoms with van der Waals surface area (Å²) >= 11 is 5.43. The van der Waals surface area contributed by atoms with E-state index < -0.39 is 11.9 Å². The monoisotopic (exact) mass is 293 g/mol. The average molecular weight is 294 g/mol. The fraction of sp³-hybridized carbons (Fsp3) is 0.154. The van der Waals surface area contributed by atoms with E-state index in [4.69, 9.17) is 22.0 Å². The Hall–Kier alpha value is -2.52. The van der Waals surface area contributed by atoms with Gasteiger partial charge < -0.3 is 15.7 Å². The fourth-order valence-electron chi connectivity index (χ4n) is 1.30. The zero-order chi connectivity index (χ0) is 15.0. The SMILES string of the molecule is N#C/C(=C/Nc1cccc(C(=O)O)c1)C(=O)NCCCl. The highest BCUT2D eigenvalue weighted by atomic mass is 35.5. The molecule has 1 aromatic rings. The van der Waals surface area contributed by atoms with Crippen molar-refractivity contribution in [2.75, 3.05) is 17.7 Å². The Morgan fingerprint density at radius 1 is 1.45 bits per heavy atom. The third kappa shape index (κ3) is 4.63. The van der Waals surface area contributed by atoms with E-state index in [0.29, 0.717) is 5.69 Å². The fourth-order valence-corrected chi connectivity index (χ4v) is 1.40. The first-order valence-electron chi connectivity index (χ1n) is 5.62. The Balaban J connectivity index is 2.79. The van der Waals surface area contributed by atoms with Crippen LogP contribution in [0.5, 0.6) is 0 Å². The van der Waals surface area contributed by atoms with Crippen LogP contribution in [0.3, 0.4) is 0 Å². The molecule has 0 aromatic heterocycles. The summed E-state index contributed by atoms with van der Waals surface area (Å²) in [6.07, 6.45) is 1.21. The van der Waals surface area contributed by atoms with Crippen molar-refractivity contribution in [2.24, 2.45) is 0 Å². The number of carboxylic acids is 1. The quantitative estimate of drug-likeness (QED) is 0.420. The van der Waals surface area contributed by atoms with Gasteiger partial charge in [-0.25, -0.2) is 4.79 Å². The number of carbonyl (C=O) groups excluding carboxylic acids is 1. The summed E-state index contributed by atoms with van der Waals surface area (Å²) in [5, 5.41) is 22.9. The van der Waals surface area contributed by atoms with Crippen LogP contribution in [0.2, 0.25) is 0 Å². The van der Waals surface area contributed by atoms with Gasteiger partial charge in [0.25, 0.3) is 5.91 Å². The molecule has 0 unspecified atom stereocenters. The summed E-state index contributed by atoms with van der Waals surface area (Å²) in [5.41, 5.74) is 0.437. The molecule has 0 saturated heterocycles. The third-order valence-electron chi connectivity index (χ3n) is 2.24. The van der Waals surface area contributed by atoms with Gasteiger partial charge in [-0.3, -0.25) is 4.79 Å². The highest BCUT2D eigenvalue weighted by Gasteiger charge is 2.08. The molecule has 0 aliphatic rings. The molecule has 1 amide bonds. The molecule has 1 rings (SSSR count). The summed E-state index contributed by atoms with van der Waals surface area (Å²) in [4.78, 5) is 22.3. The molecule has 0 bridgehead atoms. The van der Waals surface area contributed by atoms with Crippen LogP contribution in [0.25, 0.3) is 0 Å². The Kier molecular flexibility index (Phi) is 6.07. The third-order valence-corrected chi connectivity index (χ3v) is 2.43. The molecule has 0 fully saturated rings. The van der Waals surface area contributed by atoms with Crippen molar-refractivity contribution in [1.82, 2.24) is 5.32 Å². The number of amides is 1. The van der Waals surface area contributed by atoms with Gasteiger partial charge in [0.1, 0.15) is 11.6 Å². The van der Waals surface area contributed by atoms with Gasteiger partial charge in [0.2, 0.25) is 0 Å². The zero-order valence-electron chi connectivity index (χ0n) is 10.4. The lowest BCUT2D eigenvalue weighted by Crippen LogP contribution is -2.26.